The summed E-state index contributed by atoms with van der Waals surface area (Å²) in [7, 11) is 1.96. The molecule has 0 saturated heterocycles. The van der Waals surface area contributed by atoms with Gasteiger partial charge in [0, 0.05) is 44.8 Å². The van der Waals surface area contributed by atoms with Crippen LogP contribution in [0.1, 0.15) is 44.7 Å². The summed E-state index contributed by atoms with van der Waals surface area (Å²) in [6.45, 7) is 7.51. The molecule has 0 radical (unpaired) electrons. The topological polar surface area (TPSA) is 93.7 Å². The summed E-state index contributed by atoms with van der Waals surface area (Å²) in [5, 5.41) is 18.8. The van der Waals surface area contributed by atoms with Gasteiger partial charge in [0.05, 0.1) is 10.3 Å². The van der Waals surface area contributed by atoms with E-state index in [4.69, 9.17) is 15.1 Å². The fraction of sp³-hybridized carbons (Fsp3) is 0.500. The molecule has 4 aromatic rings. The van der Waals surface area contributed by atoms with Crippen molar-refractivity contribution in [3.8, 4) is 22.2 Å². The van der Waals surface area contributed by atoms with Crippen LogP contribution in [-0.2, 0) is 7.05 Å². The third-order valence-corrected chi connectivity index (χ3v) is 8.00. The maximum Gasteiger partial charge on any atom is 0.199 e. The minimum absolute atomic E-state index is 0.262. The predicted molar refractivity (Wildman–Crippen MR) is 132 cm³/mol. The molecule has 8 nitrogen and oxygen atoms in total. The first-order valence-corrected chi connectivity index (χ1v) is 12.5. The number of rotatable bonds is 8. The normalized spacial score (nSPS) is 18.2. The van der Waals surface area contributed by atoms with Crippen molar-refractivity contribution in [3.63, 3.8) is 0 Å². The van der Waals surface area contributed by atoms with E-state index in [2.05, 4.69) is 37.1 Å². The van der Waals surface area contributed by atoms with Crippen LogP contribution in [0.15, 0.2) is 24.7 Å². The maximum absolute atomic E-state index is 9.34. The Morgan fingerprint density at radius 2 is 2.03 bits per heavy atom. The number of hydrogen-bond acceptors (Lipinski definition) is 7. The van der Waals surface area contributed by atoms with Gasteiger partial charge in [-0.1, -0.05) is 0 Å². The number of hydrogen-bond donors (Lipinski definition) is 2. The lowest BCUT2D eigenvalue weighted by Crippen LogP contribution is -2.32. The molecular weight excluding hydrogens is 434 g/mol. The van der Waals surface area contributed by atoms with Crippen LogP contribution in [0.5, 0.6) is 0 Å². The zero-order valence-corrected chi connectivity index (χ0v) is 20.4. The number of aliphatic hydroxyl groups is 1. The molecule has 9 heteroatoms. The van der Waals surface area contributed by atoms with Crippen LogP contribution < -0.4 is 5.32 Å². The molecule has 0 aliphatic heterocycles. The Morgan fingerprint density at radius 1 is 1.21 bits per heavy atom. The van der Waals surface area contributed by atoms with Crippen LogP contribution in [0.25, 0.3) is 32.4 Å². The van der Waals surface area contributed by atoms with Crippen molar-refractivity contribution < 1.29 is 5.11 Å². The third kappa shape index (κ3) is 4.04. The Hall–Kier alpha value is -2.78. The molecule has 0 unspecified atom stereocenters. The van der Waals surface area contributed by atoms with Gasteiger partial charge in [-0.05, 0) is 63.5 Å². The molecule has 0 bridgehead atoms. The molecule has 5 rings (SSSR count). The van der Waals surface area contributed by atoms with Crippen molar-refractivity contribution in [1.29, 1.82) is 0 Å². The van der Waals surface area contributed by atoms with E-state index < -0.39 is 0 Å². The summed E-state index contributed by atoms with van der Waals surface area (Å²) < 4.78 is 3.93. The molecule has 2 atom stereocenters. The number of anilines is 1. The van der Waals surface area contributed by atoms with E-state index in [1.54, 1.807) is 17.5 Å². The van der Waals surface area contributed by atoms with Gasteiger partial charge in [-0.2, -0.15) is 5.10 Å². The highest BCUT2D eigenvalue weighted by atomic mass is 32.1. The Labute approximate surface area is 197 Å². The average Bonchev–Trinajstić information content (AvgIpc) is 3.50. The van der Waals surface area contributed by atoms with Crippen molar-refractivity contribution in [2.24, 2.45) is 18.9 Å². The lowest BCUT2D eigenvalue weighted by atomic mass is 9.72. The van der Waals surface area contributed by atoms with Crippen LogP contribution in [0, 0.1) is 18.8 Å². The zero-order chi connectivity index (χ0) is 23.1. The fourth-order valence-corrected chi connectivity index (χ4v) is 5.77. The predicted octanol–water partition coefficient (Wildman–Crippen LogP) is 4.67. The second-order valence-electron chi connectivity index (χ2n) is 9.26. The number of aryl methyl sites for hydroxylation is 2. The summed E-state index contributed by atoms with van der Waals surface area (Å²) in [5.74, 6) is 3.39. The van der Waals surface area contributed by atoms with Gasteiger partial charge in [-0.3, -0.25) is 4.68 Å². The highest BCUT2D eigenvalue weighted by Gasteiger charge is 2.30. The molecule has 0 aromatic carbocycles. The second-order valence-corrected chi connectivity index (χ2v) is 10.3. The first kappa shape index (κ1) is 22.0. The molecule has 0 spiro atoms. The van der Waals surface area contributed by atoms with Gasteiger partial charge in [0.15, 0.2) is 11.6 Å². The largest absolute Gasteiger partial charge is 0.396 e. The van der Waals surface area contributed by atoms with Crippen molar-refractivity contribution in [2.75, 3.05) is 18.5 Å². The summed E-state index contributed by atoms with van der Waals surface area (Å²) in [6.07, 6.45) is 8.99. The summed E-state index contributed by atoms with van der Waals surface area (Å²) in [4.78, 5) is 16.4. The van der Waals surface area contributed by atoms with E-state index >= 15 is 0 Å². The molecule has 0 amide bonds. The van der Waals surface area contributed by atoms with Crippen LogP contribution >= 0.6 is 11.3 Å². The third-order valence-electron chi connectivity index (χ3n) is 6.79. The van der Waals surface area contributed by atoms with Gasteiger partial charge < -0.3 is 15.0 Å². The number of nitrogens with one attached hydrogen (secondary N) is 1. The van der Waals surface area contributed by atoms with E-state index in [0.717, 1.165) is 51.0 Å². The smallest absolute Gasteiger partial charge is 0.199 e. The van der Waals surface area contributed by atoms with Gasteiger partial charge >= 0.3 is 0 Å². The molecule has 1 aliphatic carbocycles. The number of imidazole rings is 1. The first-order chi connectivity index (χ1) is 16.0. The van der Waals surface area contributed by atoms with Crippen LogP contribution in [0.4, 0.5) is 5.82 Å². The Morgan fingerprint density at radius 3 is 2.67 bits per heavy atom. The van der Waals surface area contributed by atoms with E-state index in [0.29, 0.717) is 23.7 Å². The van der Waals surface area contributed by atoms with E-state index in [1.165, 1.54) is 12.8 Å². The lowest BCUT2D eigenvalue weighted by Gasteiger charge is -2.36. The van der Waals surface area contributed by atoms with Crippen molar-refractivity contribution in [3.05, 3.63) is 30.2 Å². The molecule has 174 valence electrons. The molecule has 4 aromatic heterocycles. The van der Waals surface area contributed by atoms with Gasteiger partial charge in [-0.15, -0.1) is 11.3 Å². The monoisotopic (exact) mass is 465 g/mol. The van der Waals surface area contributed by atoms with Crippen LogP contribution in [0.2, 0.25) is 0 Å². The average molecular weight is 466 g/mol. The minimum atomic E-state index is 0.262. The molecule has 2 N–H and O–H groups in total. The standard InChI is InChI=1S/C24H31N7OS/c1-14(2)31-10-7-18(29-31)20-15(3)19-21(26-13-17-6-5-16(17)8-12-32)27-22(28-24(19)33-20)23-25-9-11-30(23)4/h7,9-11,14,16-17,32H,5-6,8,12-13H2,1-4H3,(H,26,27,28)/t16-,17+/m0/s1. The van der Waals surface area contributed by atoms with Gasteiger partial charge in [-0.25, -0.2) is 15.0 Å². The number of aliphatic hydroxyl groups excluding tert-OH is 1. The summed E-state index contributed by atoms with van der Waals surface area (Å²) >= 11 is 1.66. The van der Waals surface area contributed by atoms with E-state index in [-0.39, 0.29) is 6.61 Å². The first-order valence-electron chi connectivity index (χ1n) is 11.6. The highest BCUT2D eigenvalue weighted by Crippen LogP contribution is 2.41. The number of thiophene rings is 1. The van der Waals surface area contributed by atoms with Crippen LogP contribution in [0.3, 0.4) is 0 Å². The Bertz CT molecular complexity index is 1270. The SMILES string of the molecule is Cc1c(-c2ccn(C(C)C)n2)sc2nc(-c3nccn3C)nc(NC[C@H]3CC[C@H]3CCO)c12. The quantitative estimate of drug-likeness (QED) is 0.393. The highest BCUT2D eigenvalue weighted by molar-refractivity contribution is 7.22. The Balaban J connectivity index is 1.56. The number of nitrogens with zero attached hydrogens (tertiary/aromatic N) is 6. The molecule has 33 heavy (non-hydrogen) atoms. The summed E-state index contributed by atoms with van der Waals surface area (Å²) in [5.41, 5.74) is 2.12. The van der Waals surface area contributed by atoms with Gasteiger partial charge in [0.25, 0.3) is 0 Å². The lowest BCUT2D eigenvalue weighted by molar-refractivity contribution is 0.139. The molecule has 1 aliphatic rings. The zero-order valence-electron chi connectivity index (χ0n) is 19.6. The van der Waals surface area contributed by atoms with Crippen LogP contribution in [-0.4, -0.2) is 47.6 Å². The van der Waals surface area contributed by atoms with Crippen molar-refractivity contribution >= 4 is 27.4 Å². The number of fused-ring (bicyclic) bond motifs is 1. The second kappa shape index (κ2) is 8.87. The van der Waals surface area contributed by atoms with E-state index in [1.807, 2.05) is 28.7 Å². The van der Waals surface area contributed by atoms with E-state index in [9.17, 15) is 5.11 Å². The number of aromatic nitrogens is 6. The minimum Gasteiger partial charge on any atom is -0.396 e. The van der Waals surface area contributed by atoms with Crippen molar-refractivity contribution in [1.82, 2.24) is 29.3 Å². The van der Waals surface area contributed by atoms with Gasteiger partial charge in [0.1, 0.15) is 16.3 Å². The fourth-order valence-electron chi connectivity index (χ4n) is 4.62. The Kier molecular flexibility index (Phi) is 5.92. The molecule has 4 heterocycles. The molecule has 1 saturated carbocycles. The summed E-state index contributed by atoms with van der Waals surface area (Å²) in [6, 6.07) is 2.39. The van der Waals surface area contributed by atoms with Gasteiger partial charge in [0.2, 0.25) is 0 Å². The molecule has 1 fully saturated rings. The molecular formula is C24H31N7OS. The maximum atomic E-state index is 9.34. The van der Waals surface area contributed by atoms with Crippen molar-refractivity contribution in [2.45, 2.75) is 46.1 Å².